The first-order valence-electron chi connectivity index (χ1n) is 2.74. The molecule has 1 nitrogen and oxygen atoms in total. The third-order valence-electron chi connectivity index (χ3n) is 1.37. The molecule has 1 N–H and O–H groups in total. The van der Waals surface area contributed by atoms with Crippen LogP contribution >= 0.6 is 11.9 Å². The van der Waals surface area contributed by atoms with Gasteiger partial charge >= 0.3 is 0 Å². The van der Waals surface area contributed by atoms with Gasteiger partial charge in [0.2, 0.25) is 0 Å². The Bertz CT molecular complexity index is 82.5. The van der Waals surface area contributed by atoms with Crippen LogP contribution in [0, 0.1) is 0 Å². The molecule has 0 bridgehead atoms. The summed E-state index contributed by atoms with van der Waals surface area (Å²) in [5.74, 6) is 0. The zero-order valence-electron chi connectivity index (χ0n) is 4.91. The Morgan fingerprint density at radius 1 is 1.75 bits per heavy atom. The molecule has 0 aromatic carbocycles. The topological polar surface area (TPSA) is 12.0 Å². The van der Waals surface area contributed by atoms with E-state index in [1.807, 2.05) is 7.05 Å². The highest BCUT2D eigenvalue weighted by atomic mass is 32.2. The van der Waals surface area contributed by atoms with E-state index in [1.54, 1.807) is 0 Å². The van der Waals surface area contributed by atoms with E-state index in [4.69, 9.17) is 0 Å². The lowest BCUT2D eigenvalue weighted by atomic mass is 10.5. The first kappa shape index (κ1) is 6.36. The molecule has 0 saturated heterocycles. The normalized spacial score (nSPS) is 23.2. The first-order valence-corrected chi connectivity index (χ1v) is 3.55. The van der Waals surface area contributed by atoms with Crippen molar-refractivity contribution in [1.82, 2.24) is 4.72 Å². The summed E-state index contributed by atoms with van der Waals surface area (Å²) in [4.78, 5) is 0. The predicted octanol–water partition coefficient (Wildman–Crippen LogP) is 1.36. The fourth-order valence-electron chi connectivity index (χ4n) is 0.619. The highest BCUT2D eigenvalue weighted by Gasteiger charge is 2.43. The summed E-state index contributed by atoms with van der Waals surface area (Å²) in [6.07, 6.45) is 2.07. The second-order valence-electron chi connectivity index (χ2n) is 2.12. The van der Waals surface area contributed by atoms with Crippen molar-refractivity contribution in [3.8, 4) is 0 Å². The average Bonchev–Trinajstić information content (AvgIpc) is 2.50. The Labute approximate surface area is 53.2 Å². The third-order valence-corrected chi connectivity index (χ3v) is 2.52. The predicted molar refractivity (Wildman–Crippen MR) is 34.6 cm³/mol. The van der Waals surface area contributed by atoms with Crippen LogP contribution in [0.2, 0.25) is 0 Å². The molecule has 48 valence electrons. The van der Waals surface area contributed by atoms with Crippen LogP contribution in [0.1, 0.15) is 12.8 Å². The van der Waals surface area contributed by atoms with Gasteiger partial charge in [-0.2, -0.15) is 0 Å². The molecular formula is C5H10FNS. The summed E-state index contributed by atoms with van der Waals surface area (Å²) in [6, 6.07) is 0. The van der Waals surface area contributed by atoms with E-state index < -0.39 is 0 Å². The molecule has 1 rings (SSSR count). The number of hydrogen-bond acceptors (Lipinski definition) is 2. The molecule has 1 saturated carbocycles. The molecule has 1 aliphatic rings. The van der Waals surface area contributed by atoms with Crippen LogP contribution in [-0.4, -0.2) is 18.5 Å². The zero-order valence-corrected chi connectivity index (χ0v) is 5.72. The molecule has 3 heteroatoms. The van der Waals surface area contributed by atoms with Crippen molar-refractivity contribution in [2.75, 3.05) is 13.7 Å². The molecule has 0 aliphatic heterocycles. The molecule has 0 heterocycles. The summed E-state index contributed by atoms with van der Waals surface area (Å²) in [5.41, 5.74) is 0. The van der Waals surface area contributed by atoms with Gasteiger partial charge in [-0.15, -0.1) is 0 Å². The Kier molecular flexibility index (Phi) is 1.77. The molecule has 0 aromatic heterocycles. The van der Waals surface area contributed by atoms with Crippen LogP contribution in [-0.2, 0) is 0 Å². The highest BCUT2D eigenvalue weighted by Crippen LogP contribution is 2.46. The van der Waals surface area contributed by atoms with Gasteiger partial charge in [-0.05, 0) is 19.9 Å². The molecule has 1 aliphatic carbocycles. The van der Waals surface area contributed by atoms with Crippen LogP contribution in [0.4, 0.5) is 4.39 Å². The molecular weight excluding hydrogens is 125 g/mol. The Hall–Kier alpha value is 0.240. The molecule has 1 fully saturated rings. The van der Waals surface area contributed by atoms with E-state index in [0.717, 1.165) is 12.8 Å². The second-order valence-corrected chi connectivity index (χ2v) is 3.60. The lowest BCUT2D eigenvalue weighted by Gasteiger charge is -2.05. The van der Waals surface area contributed by atoms with Crippen LogP contribution < -0.4 is 4.72 Å². The van der Waals surface area contributed by atoms with Crippen molar-refractivity contribution in [1.29, 1.82) is 0 Å². The van der Waals surface area contributed by atoms with Gasteiger partial charge in [0, 0.05) is 0 Å². The summed E-state index contributed by atoms with van der Waals surface area (Å²) < 4.78 is 14.8. The minimum absolute atomic E-state index is 0.0191. The quantitative estimate of drug-likeness (QED) is 0.586. The van der Waals surface area contributed by atoms with Gasteiger partial charge in [0.15, 0.2) is 0 Å². The molecule has 0 unspecified atom stereocenters. The summed E-state index contributed by atoms with van der Waals surface area (Å²) in [5, 5.41) is 0. The van der Waals surface area contributed by atoms with Crippen LogP contribution in [0.5, 0.6) is 0 Å². The lowest BCUT2D eigenvalue weighted by Crippen LogP contribution is -2.11. The van der Waals surface area contributed by atoms with Gasteiger partial charge in [-0.25, -0.2) is 4.39 Å². The molecule has 0 atom stereocenters. The maximum atomic E-state index is 12.0. The molecule has 0 amide bonds. The number of halogens is 1. The van der Waals surface area contributed by atoms with Crippen LogP contribution in [0.15, 0.2) is 0 Å². The van der Waals surface area contributed by atoms with Gasteiger partial charge in [-0.1, -0.05) is 11.9 Å². The number of alkyl halides is 1. The number of hydrogen-bond donors (Lipinski definition) is 1. The minimum Gasteiger partial charge on any atom is -0.267 e. The van der Waals surface area contributed by atoms with Gasteiger partial charge in [0.25, 0.3) is 0 Å². The van der Waals surface area contributed by atoms with E-state index in [9.17, 15) is 4.39 Å². The monoisotopic (exact) mass is 135 g/mol. The SMILES string of the molecule is CNSC1(CF)CC1. The average molecular weight is 135 g/mol. The third kappa shape index (κ3) is 1.14. The number of rotatable bonds is 3. The maximum Gasteiger partial charge on any atom is 0.105 e. The Morgan fingerprint density at radius 2 is 2.38 bits per heavy atom. The van der Waals surface area contributed by atoms with Crippen LogP contribution in [0.25, 0.3) is 0 Å². The van der Waals surface area contributed by atoms with E-state index >= 15 is 0 Å². The molecule has 8 heavy (non-hydrogen) atoms. The molecule has 0 radical (unpaired) electrons. The highest BCUT2D eigenvalue weighted by molar-refractivity contribution is 7.99. The van der Waals surface area contributed by atoms with Gasteiger partial charge in [0.1, 0.15) is 6.67 Å². The summed E-state index contributed by atoms with van der Waals surface area (Å²) in [6.45, 7) is -0.182. The van der Waals surface area contributed by atoms with E-state index in [0.29, 0.717) is 0 Å². The maximum absolute atomic E-state index is 12.0. The largest absolute Gasteiger partial charge is 0.267 e. The fraction of sp³-hybridized carbons (Fsp3) is 1.00. The van der Waals surface area contributed by atoms with Gasteiger partial charge in [-0.3, -0.25) is 4.72 Å². The van der Waals surface area contributed by atoms with Crippen molar-refractivity contribution in [2.45, 2.75) is 17.6 Å². The van der Waals surface area contributed by atoms with E-state index in [1.165, 1.54) is 11.9 Å². The fourth-order valence-corrected chi connectivity index (χ4v) is 1.41. The second kappa shape index (κ2) is 2.23. The zero-order chi connectivity index (χ0) is 6.04. The van der Waals surface area contributed by atoms with Crippen molar-refractivity contribution < 1.29 is 4.39 Å². The molecule has 0 aromatic rings. The van der Waals surface area contributed by atoms with E-state index in [2.05, 4.69) is 4.72 Å². The van der Waals surface area contributed by atoms with Crippen LogP contribution in [0.3, 0.4) is 0 Å². The van der Waals surface area contributed by atoms with Crippen molar-refractivity contribution >= 4 is 11.9 Å². The van der Waals surface area contributed by atoms with Gasteiger partial charge in [0.05, 0.1) is 4.75 Å². The summed E-state index contributed by atoms with van der Waals surface area (Å²) >= 11 is 1.52. The summed E-state index contributed by atoms with van der Waals surface area (Å²) in [7, 11) is 1.83. The lowest BCUT2D eigenvalue weighted by molar-refractivity contribution is 0.476. The first-order chi connectivity index (χ1) is 3.83. The Balaban J connectivity index is 2.20. The minimum atomic E-state index is -0.182. The van der Waals surface area contributed by atoms with E-state index in [-0.39, 0.29) is 11.4 Å². The smallest absolute Gasteiger partial charge is 0.105 e. The van der Waals surface area contributed by atoms with Crippen molar-refractivity contribution in [3.63, 3.8) is 0 Å². The molecule has 0 spiro atoms. The van der Waals surface area contributed by atoms with Gasteiger partial charge < -0.3 is 0 Å². The van der Waals surface area contributed by atoms with Crippen molar-refractivity contribution in [2.24, 2.45) is 0 Å². The van der Waals surface area contributed by atoms with Crippen molar-refractivity contribution in [3.05, 3.63) is 0 Å². The Morgan fingerprint density at radius 3 is 2.50 bits per heavy atom. The standard InChI is InChI=1S/C5H10FNS/c1-7-8-5(4-6)2-3-5/h7H,2-4H2,1H3. The number of nitrogens with one attached hydrogen (secondary N) is 1.